The predicted octanol–water partition coefficient (Wildman–Crippen LogP) is 3.17. The third kappa shape index (κ3) is 1.57. The molecule has 3 saturated carbocycles. The first-order valence-electron chi connectivity index (χ1n) is 11.2. The molecule has 4 saturated heterocycles. The normalized spacial score (nSPS) is 59.2. The molecule has 6 atom stereocenters. The monoisotopic (exact) mass is 327 g/mol. The van der Waals surface area contributed by atoms with E-state index in [0.29, 0.717) is 0 Å². The number of fused-ring (bicyclic) bond motifs is 12. The van der Waals surface area contributed by atoms with E-state index in [9.17, 15) is 0 Å². The van der Waals surface area contributed by atoms with E-state index in [1.807, 2.05) is 0 Å². The van der Waals surface area contributed by atoms with Gasteiger partial charge in [0.05, 0.1) is 18.5 Å². The molecule has 4 heterocycles. The molecule has 7 fully saturated rings. The van der Waals surface area contributed by atoms with Crippen molar-refractivity contribution < 1.29 is 0 Å². The first kappa shape index (κ1) is 14.0. The summed E-state index contributed by atoms with van der Waals surface area (Å²) in [5, 5.41) is 0. The Hall–Kier alpha value is -0.120. The maximum atomic E-state index is 3.07. The summed E-state index contributed by atoms with van der Waals surface area (Å²) in [6.07, 6.45) is 16.3. The van der Waals surface area contributed by atoms with Gasteiger partial charge >= 0.3 is 0 Å². The van der Waals surface area contributed by atoms with Crippen molar-refractivity contribution in [3.8, 4) is 0 Å². The van der Waals surface area contributed by atoms with E-state index in [0.717, 1.165) is 54.0 Å². The Balaban J connectivity index is 1.33. The summed E-state index contributed by atoms with van der Waals surface area (Å²) in [5.41, 5.74) is 0. The van der Waals surface area contributed by atoms with E-state index in [-0.39, 0.29) is 0 Å². The van der Waals surface area contributed by atoms with Gasteiger partial charge < -0.3 is 0 Å². The summed E-state index contributed by atoms with van der Waals surface area (Å²) < 4.78 is 0. The van der Waals surface area contributed by atoms with Gasteiger partial charge in [0.1, 0.15) is 0 Å². The Labute approximate surface area is 146 Å². The van der Waals surface area contributed by atoms with Crippen LogP contribution in [-0.2, 0) is 0 Å². The van der Waals surface area contributed by atoms with Gasteiger partial charge in [-0.25, -0.2) is 0 Å². The Morgan fingerprint density at radius 1 is 0.417 bits per heavy atom. The molecule has 4 aliphatic heterocycles. The smallest absolute Gasteiger partial charge is 0.0681 e. The Morgan fingerprint density at radius 2 is 0.750 bits per heavy atom. The molecule has 0 spiro atoms. The van der Waals surface area contributed by atoms with Gasteiger partial charge in [0.15, 0.2) is 0 Å². The largest absolute Gasteiger partial charge is 0.271 e. The lowest BCUT2D eigenvalue weighted by atomic mass is 9.94. The Morgan fingerprint density at radius 3 is 1.08 bits per heavy atom. The lowest BCUT2D eigenvalue weighted by Gasteiger charge is -2.54. The lowest BCUT2D eigenvalue weighted by Crippen LogP contribution is -2.68. The molecule has 7 rings (SSSR count). The number of nitrogens with zero attached hydrogens (tertiary/aromatic N) is 3. The second-order valence-electron chi connectivity index (χ2n) is 10.4. The minimum atomic E-state index is 0.841. The van der Waals surface area contributed by atoms with Crippen LogP contribution in [0.15, 0.2) is 0 Å². The molecule has 132 valence electrons. The van der Waals surface area contributed by atoms with Crippen molar-refractivity contribution in [3.05, 3.63) is 0 Å². The summed E-state index contributed by atoms with van der Waals surface area (Å²) in [7, 11) is 0. The molecule has 0 amide bonds. The SMILES string of the molecule is C1CC2CN3C(C2C1)N1CC2CCCC2C1N1CC2CCCC2C31. The van der Waals surface area contributed by atoms with Crippen LogP contribution in [0.4, 0.5) is 0 Å². The highest BCUT2D eigenvalue weighted by Gasteiger charge is 2.64. The van der Waals surface area contributed by atoms with Crippen LogP contribution in [0, 0.1) is 35.5 Å². The molecule has 0 N–H and O–H groups in total. The summed E-state index contributed by atoms with van der Waals surface area (Å²) in [6.45, 7) is 4.33. The fourth-order valence-electron chi connectivity index (χ4n) is 9.03. The fourth-order valence-corrected chi connectivity index (χ4v) is 9.03. The maximum absolute atomic E-state index is 3.07. The predicted molar refractivity (Wildman–Crippen MR) is 94.0 cm³/mol. The third-order valence-electron chi connectivity index (χ3n) is 9.68. The van der Waals surface area contributed by atoms with E-state index in [1.54, 1.807) is 0 Å². The van der Waals surface area contributed by atoms with Crippen LogP contribution in [-0.4, -0.2) is 52.8 Å². The number of hydrogen-bond acceptors (Lipinski definition) is 3. The van der Waals surface area contributed by atoms with Crippen molar-refractivity contribution in [1.29, 1.82) is 0 Å². The number of rotatable bonds is 0. The van der Waals surface area contributed by atoms with Crippen LogP contribution in [0.25, 0.3) is 0 Å². The first-order valence-corrected chi connectivity index (χ1v) is 11.2. The zero-order chi connectivity index (χ0) is 15.4. The summed E-state index contributed by atoms with van der Waals surface area (Å²) in [6, 6.07) is 0. The Kier molecular flexibility index (Phi) is 2.79. The third-order valence-corrected chi connectivity index (χ3v) is 9.68. The van der Waals surface area contributed by atoms with Crippen LogP contribution in [0.2, 0.25) is 0 Å². The zero-order valence-corrected chi connectivity index (χ0v) is 15.0. The minimum Gasteiger partial charge on any atom is -0.271 e. The molecule has 0 aromatic rings. The molecule has 0 radical (unpaired) electrons. The highest BCUT2D eigenvalue weighted by Crippen LogP contribution is 2.58. The van der Waals surface area contributed by atoms with Crippen molar-refractivity contribution in [1.82, 2.24) is 14.7 Å². The van der Waals surface area contributed by atoms with Crippen molar-refractivity contribution >= 4 is 0 Å². The summed E-state index contributed by atoms with van der Waals surface area (Å²) >= 11 is 0. The van der Waals surface area contributed by atoms with Gasteiger partial charge in [-0.15, -0.1) is 0 Å². The van der Waals surface area contributed by atoms with Crippen LogP contribution in [0.1, 0.15) is 57.8 Å². The van der Waals surface area contributed by atoms with Crippen LogP contribution >= 0.6 is 0 Å². The molecule has 3 nitrogen and oxygen atoms in total. The number of hydrogen-bond donors (Lipinski definition) is 0. The Bertz CT molecular complexity index is 461. The minimum absolute atomic E-state index is 0.841. The molecule has 0 bridgehead atoms. The van der Waals surface area contributed by atoms with Crippen molar-refractivity contribution in [3.63, 3.8) is 0 Å². The van der Waals surface area contributed by atoms with Crippen molar-refractivity contribution in [2.24, 2.45) is 35.5 Å². The van der Waals surface area contributed by atoms with Crippen molar-refractivity contribution in [2.45, 2.75) is 76.3 Å². The van der Waals surface area contributed by atoms with Crippen molar-refractivity contribution in [2.75, 3.05) is 19.6 Å². The van der Waals surface area contributed by atoms with Gasteiger partial charge in [-0.2, -0.15) is 0 Å². The molecule has 7 aliphatic rings. The summed E-state index contributed by atoms with van der Waals surface area (Å²) in [4.78, 5) is 9.21. The molecule has 3 heteroatoms. The molecule has 3 aliphatic carbocycles. The average Bonchev–Trinajstić information content (AvgIpc) is 3.32. The standard InChI is InChI=1S/C21H33N3/c1-4-13-10-22-19(16(13)7-1)23-11-14-5-2-9-18(14)21(23)24-12-15-6-3-8-17(15)20(22)24/h13-21H,1-12H2. The molecule has 24 heavy (non-hydrogen) atoms. The van der Waals surface area contributed by atoms with Gasteiger partial charge in [0.25, 0.3) is 0 Å². The van der Waals surface area contributed by atoms with E-state index in [4.69, 9.17) is 0 Å². The van der Waals surface area contributed by atoms with Gasteiger partial charge in [-0.05, 0) is 74.0 Å². The second kappa shape index (κ2) is 4.78. The van der Waals surface area contributed by atoms with E-state index < -0.39 is 0 Å². The van der Waals surface area contributed by atoms with Gasteiger partial charge in [0, 0.05) is 19.6 Å². The fraction of sp³-hybridized carbons (Fsp3) is 1.00. The average molecular weight is 328 g/mol. The van der Waals surface area contributed by atoms with Crippen LogP contribution in [0.5, 0.6) is 0 Å². The molecule has 6 unspecified atom stereocenters. The molecular formula is C21H33N3. The summed E-state index contributed by atoms with van der Waals surface area (Å²) in [5.74, 6) is 6.18. The molecular weight excluding hydrogens is 294 g/mol. The van der Waals surface area contributed by atoms with Gasteiger partial charge in [-0.3, -0.25) is 14.7 Å². The maximum Gasteiger partial charge on any atom is 0.0681 e. The van der Waals surface area contributed by atoms with E-state index in [2.05, 4.69) is 14.7 Å². The molecule has 0 aromatic heterocycles. The van der Waals surface area contributed by atoms with Gasteiger partial charge in [-0.1, -0.05) is 19.3 Å². The topological polar surface area (TPSA) is 9.72 Å². The zero-order valence-electron chi connectivity index (χ0n) is 15.0. The van der Waals surface area contributed by atoms with Crippen LogP contribution < -0.4 is 0 Å². The second-order valence-corrected chi connectivity index (χ2v) is 10.4. The molecule has 0 aromatic carbocycles. The van der Waals surface area contributed by atoms with E-state index in [1.165, 1.54) is 77.4 Å². The lowest BCUT2D eigenvalue weighted by molar-refractivity contribution is -0.156. The van der Waals surface area contributed by atoms with Gasteiger partial charge in [0.2, 0.25) is 0 Å². The van der Waals surface area contributed by atoms with E-state index >= 15 is 0 Å². The first-order chi connectivity index (χ1) is 11.9. The highest BCUT2D eigenvalue weighted by atomic mass is 15.6. The quantitative estimate of drug-likeness (QED) is 0.677. The van der Waals surface area contributed by atoms with Crippen LogP contribution in [0.3, 0.4) is 0 Å². The highest BCUT2D eigenvalue weighted by molar-refractivity contribution is 5.13.